The smallest absolute Gasteiger partial charge is 0.165 e. The zero-order valence-electron chi connectivity index (χ0n) is 14.3. The number of hydrogen-bond donors (Lipinski definition) is 4. The van der Waals surface area contributed by atoms with Gasteiger partial charge in [-0.05, 0) is 11.6 Å². The Hall–Kier alpha value is -2.59. The van der Waals surface area contributed by atoms with Crippen LogP contribution in [-0.4, -0.2) is 59.8 Å². The summed E-state index contributed by atoms with van der Waals surface area (Å²) in [5.41, 5.74) is 4.18. The van der Waals surface area contributed by atoms with Gasteiger partial charge in [-0.15, -0.1) is 0 Å². The number of benzene rings is 1. The first-order valence-electron chi connectivity index (χ1n) is 8.81. The van der Waals surface area contributed by atoms with E-state index < -0.39 is 24.5 Å². The molecule has 2 aliphatic rings. The normalized spacial score (nSPS) is 29.8. The number of nitrogens with zero attached hydrogens (tertiary/aromatic N) is 4. The fourth-order valence-corrected chi connectivity index (χ4v) is 3.88. The van der Waals surface area contributed by atoms with E-state index in [0.29, 0.717) is 11.2 Å². The predicted molar refractivity (Wildman–Crippen MR) is 94.8 cm³/mol. The van der Waals surface area contributed by atoms with Crippen LogP contribution in [0.2, 0.25) is 0 Å². The molecule has 2 aliphatic heterocycles. The SMILES string of the molecule is OC[C@H]1O[C@@H](n2cnc3c(C4Cc5ccccc5N4)ncnc32)[C@H](O)[C@@H]1O. The topological polar surface area (TPSA) is 126 Å². The van der Waals surface area contributed by atoms with Gasteiger partial charge in [-0.3, -0.25) is 4.57 Å². The number of para-hydroxylation sites is 1. The lowest BCUT2D eigenvalue weighted by Crippen LogP contribution is -2.33. The van der Waals surface area contributed by atoms with E-state index in [1.165, 1.54) is 18.2 Å². The van der Waals surface area contributed by atoms with Crippen molar-refractivity contribution in [1.29, 1.82) is 0 Å². The molecular weight excluding hydrogens is 350 g/mol. The molecule has 0 bridgehead atoms. The van der Waals surface area contributed by atoms with Crippen molar-refractivity contribution < 1.29 is 20.1 Å². The van der Waals surface area contributed by atoms with Crippen LogP contribution in [-0.2, 0) is 11.2 Å². The summed E-state index contributed by atoms with van der Waals surface area (Å²) in [6, 6.07) is 8.08. The zero-order valence-corrected chi connectivity index (χ0v) is 14.3. The van der Waals surface area contributed by atoms with Crippen LogP contribution in [0.15, 0.2) is 36.9 Å². The summed E-state index contributed by atoms with van der Waals surface area (Å²) in [5.74, 6) is 0. The second kappa shape index (κ2) is 6.24. The first-order chi connectivity index (χ1) is 13.2. The lowest BCUT2D eigenvalue weighted by Gasteiger charge is -2.17. The van der Waals surface area contributed by atoms with Gasteiger partial charge in [0.2, 0.25) is 0 Å². The fraction of sp³-hybridized carbons (Fsp3) is 0.389. The van der Waals surface area contributed by atoms with Gasteiger partial charge in [-0.2, -0.15) is 0 Å². The highest BCUT2D eigenvalue weighted by Crippen LogP contribution is 2.36. The molecule has 9 heteroatoms. The van der Waals surface area contributed by atoms with Crippen molar-refractivity contribution in [2.24, 2.45) is 0 Å². The molecule has 1 fully saturated rings. The maximum absolute atomic E-state index is 10.3. The third-order valence-electron chi connectivity index (χ3n) is 5.28. The molecule has 1 unspecified atom stereocenters. The van der Waals surface area contributed by atoms with Gasteiger partial charge in [0, 0.05) is 12.1 Å². The Kier molecular flexibility index (Phi) is 3.83. The van der Waals surface area contributed by atoms with Gasteiger partial charge in [0.05, 0.1) is 24.7 Å². The van der Waals surface area contributed by atoms with E-state index in [-0.39, 0.29) is 12.6 Å². The van der Waals surface area contributed by atoms with Crippen LogP contribution < -0.4 is 5.32 Å². The Morgan fingerprint density at radius 2 is 2.00 bits per heavy atom. The number of rotatable bonds is 3. The summed E-state index contributed by atoms with van der Waals surface area (Å²) in [6.45, 7) is -0.383. The van der Waals surface area contributed by atoms with Crippen molar-refractivity contribution in [1.82, 2.24) is 19.5 Å². The Balaban J connectivity index is 1.51. The average molecular weight is 369 g/mol. The number of anilines is 1. The summed E-state index contributed by atoms with van der Waals surface area (Å²) < 4.78 is 7.18. The van der Waals surface area contributed by atoms with E-state index in [9.17, 15) is 15.3 Å². The molecule has 1 aromatic carbocycles. The minimum absolute atomic E-state index is 0.0264. The number of ether oxygens (including phenoxy) is 1. The molecule has 5 atom stereocenters. The Bertz CT molecular complexity index is 968. The summed E-state index contributed by atoms with van der Waals surface area (Å²) in [7, 11) is 0. The summed E-state index contributed by atoms with van der Waals surface area (Å²) in [6.07, 6.45) is -0.319. The van der Waals surface area contributed by atoms with Crippen molar-refractivity contribution in [2.75, 3.05) is 11.9 Å². The molecule has 5 rings (SSSR count). The van der Waals surface area contributed by atoms with Crippen molar-refractivity contribution in [3.05, 3.63) is 48.2 Å². The van der Waals surface area contributed by atoms with Crippen molar-refractivity contribution in [3.63, 3.8) is 0 Å². The van der Waals surface area contributed by atoms with Gasteiger partial charge in [0.25, 0.3) is 0 Å². The number of imidazole rings is 1. The number of fused-ring (bicyclic) bond motifs is 2. The predicted octanol–water partition coefficient (Wildman–Crippen LogP) is 0.147. The highest BCUT2D eigenvalue weighted by molar-refractivity contribution is 5.75. The van der Waals surface area contributed by atoms with Gasteiger partial charge in [0.1, 0.15) is 30.2 Å². The molecule has 3 aromatic rings. The third-order valence-corrected chi connectivity index (χ3v) is 5.28. The van der Waals surface area contributed by atoms with Gasteiger partial charge in [-0.25, -0.2) is 15.0 Å². The molecule has 0 saturated carbocycles. The Labute approximate surface area is 154 Å². The van der Waals surface area contributed by atoms with Crippen LogP contribution >= 0.6 is 0 Å². The molecule has 140 valence electrons. The van der Waals surface area contributed by atoms with E-state index in [1.54, 1.807) is 4.57 Å². The molecule has 4 N–H and O–H groups in total. The van der Waals surface area contributed by atoms with E-state index in [0.717, 1.165) is 17.8 Å². The molecule has 2 aromatic heterocycles. The molecule has 1 saturated heterocycles. The summed E-state index contributed by atoms with van der Waals surface area (Å²) in [4.78, 5) is 13.2. The maximum Gasteiger partial charge on any atom is 0.165 e. The summed E-state index contributed by atoms with van der Waals surface area (Å²) >= 11 is 0. The number of aliphatic hydroxyl groups is 3. The van der Waals surface area contributed by atoms with Crippen LogP contribution in [0.5, 0.6) is 0 Å². The van der Waals surface area contributed by atoms with Gasteiger partial charge in [-0.1, -0.05) is 18.2 Å². The first kappa shape index (κ1) is 16.6. The van der Waals surface area contributed by atoms with E-state index >= 15 is 0 Å². The van der Waals surface area contributed by atoms with Gasteiger partial charge < -0.3 is 25.4 Å². The van der Waals surface area contributed by atoms with Crippen LogP contribution in [0.1, 0.15) is 23.5 Å². The molecule has 4 heterocycles. The Morgan fingerprint density at radius 1 is 1.15 bits per heavy atom. The number of aromatic nitrogens is 4. The van der Waals surface area contributed by atoms with E-state index in [4.69, 9.17) is 4.74 Å². The second-order valence-corrected chi connectivity index (χ2v) is 6.87. The zero-order chi connectivity index (χ0) is 18.5. The standard InChI is InChI=1S/C18H19N5O4/c24-6-12-15(25)16(26)18(27-12)23-8-21-14-13(19-7-20-17(14)23)11-5-9-3-1-2-4-10(9)22-11/h1-4,7-8,11-12,15-16,18,22,24-26H,5-6H2/t11?,12-,15-,16-,18-/m1/s1. The third kappa shape index (κ3) is 2.51. The first-order valence-corrected chi connectivity index (χ1v) is 8.81. The minimum atomic E-state index is -1.19. The molecule has 0 aliphatic carbocycles. The number of aliphatic hydroxyl groups excluding tert-OH is 3. The maximum atomic E-state index is 10.3. The van der Waals surface area contributed by atoms with Gasteiger partial charge in [0.15, 0.2) is 11.9 Å². The monoisotopic (exact) mass is 369 g/mol. The molecule has 27 heavy (non-hydrogen) atoms. The van der Waals surface area contributed by atoms with E-state index in [2.05, 4.69) is 26.3 Å². The lowest BCUT2D eigenvalue weighted by molar-refractivity contribution is -0.0511. The number of hydrogen-bond acceptors (Lipinski definition) is 8. The molecular formula is C18H19N5O4. The van der Waals surface area contributed by atoms with E-state index in [1.807, 2.05) is 18.2 Å². The molecule has 0 radical (unpaired) electrons. The lowest BCUT2D eigenvalue weighted by atomic mass is 10.1. The van der Waals surface area contributed by atoms with Gasteiger partial charge >= 0.3 is 0 Å². The van der Waals surface area contributed by atoms with Crippen LogP contribution in [0.25, 0.3) is 11.2 Å². The van der Waals surface area contributed by atoms with Crippen LogP contribution in [0.4, 0.5) is 5.69 Å². The number of nitrogens with one attached hydrogen (secondary N) is 1. The van der Waals surface area contributed by atoms with Crippen molar-refractivity contribution in [3.8, 4) is 0 Å². The Morgan fingerprint density at radius 3 is 2.78 bits per heavy atom. The molecule has 0 amide bonds. The molecule has 0 spiro atoms. The molecule has 9 nitrogen and oxygen atoms in total. The van der Waals surface area contributed by atoms with Crippen molar-refractivity contribution in [2.45, 2.75) is 37.0 Å². The second-order valence-electron chi connectivity index (χ2n) is 6.87. The average Bonchev–Trinajstić information content (AvgIpc) is 3.38. The highest BCUT2D eigenvalue weighted by atomic mass is 16.6. The minimum Gasteiger partial charge on any atom is -0.394 e. The quantitative estimate of drug-likeness (QED) is 0.514. The fourth-order valence-electron chi connectivity index (χ4n) is 3.88. The van der Waals surface area contributed by atoms with Crippen LogP contribution in [0, 0.1) is 0 Å². The van der Waals surface area contributed by atoms with Crippen LogP contribution in [0.3, 0.4) is 0 Å². The largest absolute Gasteiger partial charge is 0.394 e. The highest BCUT2D eigenvalue weighted by Gasteiger charge is 2.44. The summed E-state index contributed by atoms with van der Waals surface area (Å²) in [5, 5.41) is 33.1. The van der Waals surface area contributed by atoms with Crippen molar-refractivity contribution >= 4 is 16.9 Å².